The normalized spacial score (nSPS) is 12.6. The van der Waals surface area contributed by atoms with E-state index in [1.807, 2.05) is 4.72 Å². The maximum atomic E-state index is 14.0. The van der Waals surface area contributed by atoms with Crippen molar-refractivity contribution < 1.29 is 21.2 Å². The first kappa shape index (κ1) is 19.6. The van der Waals surface area contributed by atoms with Crippen LogP contribution in [0, 0.1) is 12.7 Å². The van der Waals surface area contributed by atoms with Crippen molar-refractivity contribution in [3.63, 3.8) is 0 Å². The minimum absolute atomic E-state index is 0.123. The molecule has 1 aromatic carbocycles. The minimum atomic E-state index is -4.27. The van der Waals surface area contributed by atoms with Gasteiger partial charge in [0.15, 0.2) is 0 Å². The summed E-state index contributed by atoms with van der Waals surface area (Å²) >= 11 is 5.94. The van der Waals surface area contributed by atoms with Gasteiger partial charge in [-0.25, -0.2) is 25.5 Å². The maximum absolute atomic E-state index is 14.0. The standard InChI is InChI=1S/C13H16ClFN4O4S2/c1-8-12(13(14)19(4)16-8)24(20,21)17-11-7-9(5-6-10(11)15)25(22,23)18(2)3/h5-7,17H,1-4H3. The molecule has 0 aliphatic heterocycles. The van der Waals surface area contributed by atoms with Gasteiger partial charge in [0.05, 0.1) is 16.3 Å². The molecule has 0 spiro atoms. The van der Waals surface area contributed by atoms with Crippen molar-refractivity contribution in [3.8, 4) is 0 Å². The number of aromatic nitrogens is 2. The van der Waals surface area contributed by atoms with E-state index in [1.165, 1.54) is 28.1 Å². The Kier molecular flexibility index (Phi) is 5.15. The fraction of sp³-hybridized carbons (Fsp3) is 0.308. The molecule has 2 rings (SSSR count). The van der Waals surface area contributed by atoms with Gasteiger partial charge in [-0.1, -0.05) is 11.6 Å². The predicted molar refractivity (Wildman–Crippen MR) is 91.0 cm³/mol. The van der Waals surface area contributed by atoms with E-state index in [1.54, 1.807) is 0 Å². The molecule has 0 unspecified atom stereocenters. The Balaban J connectivity index is 2.53. The molecule has 0 radical (unpaired) electrons. The molecule has 1 N–H and O–H groups in total. The van der Waals surface area contributed by atoms with Crippen LogP contribution in [0.15, 0.2) is 28.0 Å². The van der Waals surface area contributed by atoms with Gasteiger partial charge in [-0.3, -0.25) is 9.40 Å². The first-order chi connectivity index (χ1) is 11.4. The second-order valence-corrected chi connectivity index (χ2v) is 9.49. The Morgan fingerprint density at radius 1 is 1.24 bits per heavy atom. The van der Waals surface area contributed by atoms with Crippen LogP contribution in [0.2, 0.25) is 5.15 Å². The molecular weight excluding hydrogens is 395 g/mol. The smallest absolute Gasteiger partial charge is 0.266 e. The van der Waals surface area contributed by atoms with Crippen LogP contribution in [0.4, 0.5) is 10.1 Å². The van der Waals surface area contributed by atoms with E-state index in [4.69, 9.17) is 11.6 Å². The summed E-state index contributed by atoms with van der Waals surface area (Å²) in [4.78, 5) is -0.567. The molecule has 0 atom stereocenters. The number of nitrogens with one attached hydrogen (secondary N) is 1. The lowest BCUT2D eigenvalue weighted by Gasteiger charge is -2.14. The highest BCUT2D eigenvalue weighted by atomic mass is 35.5. The third kappa shape index (κ3) is 3.64. The average Bonchev–Trinajstić information content (AvgIpc) is 2.74. The molecule has 138 valence electrons. The van der Waals surface area contributed by atoms with Gasteiger partial charge in [0, 0.05) is 21.1 Å². The summed E-state index contributed by atoms with van der Waals surface area (Å²) in [7, 11) is -4.06. The monoisotopic (exact) mass is 410 g/mol. The molecule has 0 saturated carbocycles. The number of nitrogens with zero attached hydrogens (tertiary/aromatic N) is 3. The number of halogens is 2. The number of hydrogen-bond acceptors (Lipinski definition) is 5. The van der Waals surface area contributed by atoms with E-state index in [0.717, 1.165) is 27.2 Å². The molecule has 25 heavy (non-hydrogen) atoms. The van der Waals surface area contributed by atoms with Crippen molar-refractivity contribution in [2.75, 3.05) is 18.8 Å². The maximum Gasteiger partial charge on any atom is 0.266 e. The van der Waals surface area contributed by atoms with Gasteiger partial charge < -0.3 is 0 Å². The summed E-state index contributed by atoms with van der Waals surface area (Å²) in [6.07, 6.45) is 0. The van der Waals surface area contributed by atoms with Crippen LogP contribution in [0.25, 0.3) is 0 Å². The number of benzene rings is 1. The average molecular weight is 411 g/mol. The lowest BCUT2D eigenvalue weighted by molar-refractivity contribution is 0.520. The molecule has 0 aliphatic carbocycles. The third-order valence-corrected chi connectivity index (χ3v) is 7.20. The fourth-order valence-corrected chi connectivity index (χ4v) is 4.80. The molecule has 8 nitrogen and oxygen atoms in total. The number of aryl methyl sites for hydroxylation is 2. The number of anilines is 1. The molecule has 1 aromatic heterocycles. The summed E-state index contributed by atoms with van der Waals surface area (Å²) in [5.74, 6) is -0.932. The fourth-order valence-electron chi connectivity index (χ4n) is 2.07. The van der Waals surface area contributed by atoms with E-state index < -0.39 is 31.6 Å². The van der Waals surface area contributed by atoms with Crippen LogP contribution in [-0.2, 0) is 27.1 Å². The number of rotatable bonds is 5. The van der Waals surface area contributed by atoms with Crippen LogP contribution in [-0.4, -0.2) is 45.0 Å². The summed E-state index contributed by atoms with van der Waals surface area (Å²) in [5.41, 5.74) is -0.389. The summed E-state index contributed by atoms with van der Waals surface area (Å²) in [6, 6.07) is 2.82. The third-order valence-electron chi connectivity index (χ3n) is 3.33. The van der Waals surface area contributed by atoms with E-state index >= 15 is 0 Å². The van der Waals surface area contributed by atoms with Crippen molar-refractivity contribution in [3.05, 3.63) is 34.9 Å². The van der Waals surface area contributed by atoms with Gasteiger partial charge in [-0.15, -0.1) is 0 Å². The van der Waals surface area contributed by atoms with E-state index in [9.17, 15) is 21.2 Å². The summed E-state index contributed by atoms with van der Waals surface area (Å²) < 4.78 is 67.5. The molecule has 2 aromatic rings. The highest BCUT2D eigenvalue weighted by molar-refractivity contribution is 7.93. The Morgan fingerprint density at radius 3 is 2.32 bits per heavy atom. The van der Waals surface area contributed by atoms with Crippen molar-refractivity contribution in [2.45, 2.75) is 16.7 Å². The zero-order valence-corrected chi connectivity index (χ0v) is 16.2. The topological polar surface area (TPSA) is 101 Å². The van der Waals surface area contributed by atoms with Crippen LogP contribution < -0.4 is 4.72 Å². The first-order valence-corrected chi connectivity index (χ1v) is 10.1. The first-order valence-electron chi connectivity index (χ1n) is 6.82. The molecule has 0 saturated heterocycles. The quantitative estimate of drug-likeness (QED) is 0.806. The summed E-state index contributed by atoms with van der Waals surface area (Å²) in [5, 5.41) is 3.74. The zero-order valence-electron chi connectivity index (χ0n) is 13.8. The van der Waals surface area contributed by atoms with Crippen molar-refractivity contribution in [1.82, 2.24) is 14.1 Å². The second kappa shape index (κ2) is 6.56. The van der Waals surface area contributed by atoms with Crippen molar-refractivity contribution in [2.24, 2.45) is 7.05 Å². The Labute approximate surface area is 150 Å². The van der Waals surface area contributed by atoms with Gasteiger partial charge in [0.25, 0.3) is 10.0 Å². The minimum Gasteiger partial charge on any atom is -0.276 e. The highest BCUT2D eigenvalue weighted by Gasteiger charge is 2.27. The SMILES string of the molecule is Cc1nn(C)c(Cl)c1S(=O)(=O)Nc1cc(S(=O)(=O)N(C)C)ccc1F. The van der Waals surface area contributed by atoms with E-state index in [2.05, 4.69) is 5.10 Å². The molecule has 0 bridgehead atoms. The van der Waals surface area contributed by atoms with E-state index in [-0.39, 0.29) is 20.6 Å². The Hall–Kier alpha value is -1.69. The molecule has 1 heterocycles. The number of sulfonamides is 2. The Morgan fingerprint density at radius 2 is 1.84 bits per heavy atom. The number of hydrogen-bond donors (Lipinski definition) is 1. The van der Waals surface area contributed by atoms with Gasteiger partial charge in [-0.2, -0.15) is 5.10 Å². The van der Waals surface area contributed by atoms with E-state index in [0.29, 0.717) is 0 Å². The second-order valence-electron chi connectivity index (χ2n) is 5.36. The van der Waals surface area contributed by atoms with Gasteiger partial charge >= 0.3 is 0 Å². The molecular formula is C13H16ClFN4O4S2. The van der Waals surface area contributed by atoms with Gasteiger partial charge in [-0.05, 0) is 25.1 Å². The molecule has 12 heteroatoms. The molecule has 0 aliphatic rings. The predicted octanol–water partition coefficient (Wildman–Crippen LogP) is 1.57. The molecule has 0 amide bonds. The van der Waals surface area contributed by atoms with Gasteiger partial charge in [0.2, 0.25) is 10.0 Å². The van der Waals surface area contributed by atoms with Crippen LogP contribution >= 0.6 is 11.6 Å². The largest absolute Gasteiger partial charge is 0.276 e. The van der Waals surface area contributed by atoms with Crippen LogP contribution in [0.3, 0.4) is 0 Å². The summed E-state index contributed by atoms with van der Waals surface area (Å²) in [6.45, 7) is 1.43. The Bertz CT molecular complexity index is 1030. The van der Waals surface area contributed by atoms with Crippen molar-refractivity contribution in [1.29, 1.82) is 0 Å². The van der Waals surface area contributed by atoms with Crippen LogP contribution in [0.5, 0.6) is 0 Å². The van der Waals surface area contributed by atoms with Crippen molar-refractivity contribution >= 4 is 37.3 Å². The lowest BCUT2D eigenvalue weighted by atomic mass is 10.3. The van der Waals surface area contributed by atoms with Gasteiger partial charge in [0.1, 0.15) is 15.9 Å². The zero-order chi connectivity index (χ0) is 19.2. The lowest BCUT2D eigenvalue weighted by Crippen LogP contribution is -2.22. The highest BCUT2D eigenvalue weighted by Crippen LogP contribution is 2.28. The van der Waals surface area contributed by atoms with Crippen LogP contribution in [0.1, 0.15) is 5.69 Å². The molecule has 0 fully saturated rings.